The van der Waals surface area contributed by atoms with Crippen LogP contribution >= 0.6 is 11.6 Å². The molecule has 1 amide bonds. The molecule has 0 heterocycles. The Hall–Kier alpha value is -2.07. The number of hydrogen-bond donors (Lipinski definition) is 1. The van der Waals surface area contributed by atoms with E-state index in [9.17, 15) is 9.18 Å². The molecule has 0 saturated carbocycles. The Labute approximate surface area is 128 Å². The highest BCUT2D eigenvalue weighted by atomic mass is 35.5. The van der Waals surface area contributed by atoms with Crippen LogP contribution in [-0.4, -0.2) is 17.4 Å². The minimum atomic E-state index is -0.326. The van der Waals surface area contributed by atoms with E-state index in [2.05, 4.69) is 0 Å². The van der Waals surface area contributed by atoms with Crippen molar-refractivity contribution < 1.29 is 9.18 Å². The first-order valence-electron chi connectivity index (χ1n) is 6.60. The van der Waals surface area contributed by atoms with Gasteiger partial charge in [-0.1, -0.05) is 29.8 Å². The first kappa shape index (κ1) is 15.3. The second kappa shape index (κ2) is 6.59. The zero-order valence-corrected chi connectivity index (χ0v) is 12.4. The van der Waals surface area contributed by atoms with Crippen molar-refractivity contribution in [2.75, 3.05) is 12.3 Å². The number of nitrogens with two attached hydrogens (primary N) is 1. The second-order valence-corrected chi connectivity index (χ2v) is 5.06. The van der Waals surface area contributed by atoms with Crippen LogP contribution in [0.5, 0.6) is 0 Å². The number of rotatable bonds is 4. The summed E-state index contributed by atoms with van der Waals surface area (Å²) >= 11 is 6.07. The lowest BCUT2D eigenvalue weighted by atomic mass is 10.1. The number of benzene rings is 2. The van der Waals surface area contributed by atoms with Crippen LogP contribution in [-0.2, 0) is 6.54 Å². The van der Waals surface area contributed by atoms with E-state index in [1.54, 1.807) is 35.2 Å². The Balaban J connectivity index is 2.27. The Kier molecular flexibility index (Phi) is 4.81. The molecule has 5 heteroatoms. The van der Waals surface area contributed by atoms with Crippen LogP contribution in [0.4, 0.5) is 10.1 Å². The SMILES string of the molecule is CCN(Cc1cccc(F)c1)C(=O)c1c(N)cccc1Cl. The number of carbonyl (C=O) groups excluding carboxylic acids is 1. The summed E-state index contributed by atoms with van der Waals surface area (Å²) in [7, 11) is 0. The summed E-state index contributed by atoms with van der Waals surface area (Å²) in [5.41, 5.74) is 7.19. The van der Waals surface area contributed by atoms with Gasteiger partial charge < -0.3 is 10.6 Å². The number of carbonyl (C=O) groups is 1. The van der Waals surface area contributed by atoms with E-state index >= 15 is 0 Å². The molecule has 2 N–H and O–H groups in total. The third-order valence-corrected chi connectivity index (χ3v) is 3.51. The van der Waals surface area contributed by atoms with Crippen LogP contribution < -0.4 is 5.73 Å². The molecule has 0 saturated heterocycles. The van der Waals surface area contributed by atoms with Crippen LogP contribution in [0.25, 0.3) is 0 Å². The average molecular weight is 307 g/mol. The molecule has 0 bridgehead atoms. The van der Waals surface area contributed by atoms with Crippen molar-refractivity contribution in [3.05, 3.63) is 64.4 Å². The Morgan fingerprint density at radius 2 is 2.00 bits per heavy atom. The number of halogens is 2. The zero-order valence-electron chi connectivity index (χ0n) is 11.6. The van der Waals surface area contributed by atoms with E-state index in [0.29, 0.717) is 23.8 Å². The van der Waals surface area contributed by atoms with Gasteiger partial charge >= 0.3 is 0 Å². The van der Waals surface area contributed by atoms with Crippen LogP contribution in [0.1, 0.15) is 22.8 Å². The van der Waals surface area contributed by atoms with Gasteiger partial charge in [0, 0.05) is 18.8 Å². The number of nitrogens with zero attached hydrogens (tertiary/aromatic N) is 1. The van der Waals surface area contributed by atoms with E-state index in [4.69, 9.17) is 17.3 Å². The predicted octanol–water partition coefficient (Wildman–Crippen LogP) is 3.72. The van der Waals surface area contributed by atoms with Gasteiger partial charge in [0.15, 0.2) is 0 Å². The molecule has 0 unspecified atom stereocenters. The Morgan fingerprint density at radius 3 is 2.62 bits per heavy atom. The summed E-state index contributed by atoms with van der Waals surface area (Å²) < 4.78 is 13.2. The zero-order chi connectivity index (χ0) is 15.4. The fourth-order valence-corrected chi connectivity index (χ4v) is 2.37. The Morgan fingerprint density at radius 1 is 1.29 bits per heavy atom. The highest BCUT2D eigenvalue weighted by molar-refractivity contribution is 6.34. The minimum absolute atomic E-state index is 0.259. The van der Waals surface area contributed by atoms with Crippen molar-refractivity contribution in [2.45, 2.75) is 13.5 Å². The molecule has 0 aliphatic rings. The van der Waals surface area contributed by atoms with Crippen LogP contribution in [0.3, 0.4) is 0 Å². The minimum Gasteiger partial charge on any atom is -0.398 e. The summed E-state index contributed by atoms with van der Waals surface area (Å²) in [4.78, 5) is 14.2. The molecular weight excluding hydrogens is 291 g/mol. The topological polar surface area (TPSA) is 46.3 Å². The van der Waals surface area contributed by atoms with Gasteiger partial charge in [-0.05, 0) is 36.8 Å². The number of nitrogen functional groups attached to an aromatic ring is 1. The van der Waals surface area contributed by atoms with Crippen molar-refractivity contribution in [1.82, 2.24) is 4.90 Å². The summed E-state index contributed by atoms with van der Waals surface area (Å²) in [6, 6.07) is 11.1. The first-order valence-corrected chi connectivity index (χ1v) is 6.98. The fourth-order valence-electron chi connectivity index (χ4n) is 2.11. The molecular formula is C16H16ClFN2O. The molecule has 0 fully saturated rings. The molecule has 0 aliphatic carbocycles. The van der Waals surface area contributed by atoms with Gasteiger partial charge in [0.2, 0.25) is 0 Å². The third kappa shape index (κ3) is 3.52. The van der Waals surface area contributed by atoms with E-state index < -0.39 is 0 Å². The summed E-state index contributed by atoms with van der Waals surface area (Å²) in [5, 5.41) is 0.317. The first-order chi connectivity index (χ1) is 10.0. The average Bonchev–Trinajstić information content (AvgIpc) is 2.44. The fraction of sp³-hybridized carbons (Fsp3) is 0.188. The summed E-state index contributed by atoms with van der Waals surface area (Å²) in [6.07, 6.45) is 0. The van der Waals surface area contributed by atoms with Crippen LogP contribution in [0.2, 0.25) is 5.02 Å². The maximum atomic E-state index is 13.2. The normalized spacial score (nSPS) is 10.4. The predicted molar refractivity (Wildman–Crippen MR) is 82.7 cm³/mol. The molecule has 0 aromatic heterocycles. The molecule has 2 aromatic rings. The molecule has 0 radical (unpaired) electrons. The molecule has 3 nitrogen and oxygen atoms in total. The maximum Gasteiger partial charge on any atom is 0.257 e. The van der Waals surface area contributed by atoms with Gasteiger partial charge in [-0.15, -0.1) is 0 Å². The lowest BCUT2D eigenvalue weighted by Crippen LogP contribution is -2.31. The molecule has 0 atom stereocenters. The molecule has 21 heavy (non-hydrogen) atoms. The maximum absolute atomic E-state index is 13.2. The van der Waals surface area contributed by atoms with E-state index in [1.165, 1.54) is 12.1 Å². The van der Waals surface area contributed by atoms with Crippen LogP contribution in [0.15, 0.2) is 42.5 Å². The highest BCUT2D eigenvalue weighted by Gasteiger charge is 2.20. The van der Waals surface area contributed by atoms with E-state index in [0.717, 1.165) is 5.56 Å². The monoisotopic (exact) mass is 306 g/mol. The van der Waals surface area contributed by atoms with Crippen molar-refractivity contribution in [2.24, 2.45) is 0 Å². The number of hydrogen-bond acceptors (Lipinski definition) is 2. The lowest BCUT2D eigenvalue weighted by Gasteiger charge is -2.22. The quantitative estimate of drug-likeness (QED) is 0.875. The lowest BCUT2D eigenvalue weighted by molar-refractivity contribution is 0.0753. The number of amides is 1. The summed E-state index contributed by atoms with van der Waals surface area (Å²) in [5.74, 6) is -0.585. The standard InChI is InChI=1S/C16H16ClFN2O/c1-2-20(10-11-5-3-6-12(18)9-11)16(21)15-13(17)7-4-8-14(15)19/h3-9H,2,10,19H2,1H3. The molecule has 110 valence electrons. The largest absolute Gasteiger partial charge is 0.398 e. The molecule has 0 spiro atoms. The van der Waals surface area contributed by atoms with Crippen molar-refractivity contribution in [3.63, 3.8) is 0 Å². The second-order valence-electron chi connectivity index (χ2n) is 4.65. The van der Waals surface area contributed by atoms with Gasteiger partial charge in [-0.2, -0.15) is 0 Å². The van der Waals surface area contributed by atoms with Gasteiger partial charge in [0.25, 0.3) is 5.91 Å². The number of anilines is 1. The van der Waals surface area contributed by atoms with Gasteiger partial charge in [0.1, 0.15) is 5.82 Å². The van der Waals surface area contributed by atoms with E-state index in [-0.39, 0.29) is 17.3 Å². The smallest absolute Gasteiger partial charge is 0.257 e. The molecule has 2 rings (SSSR count). The molecule has 0 aliphatic heterocycles. The van der Waals surface area contributed by atoms with Crippen molar-refractivity contribution >= 4 is 23.2 Å². The van der Waals surface area contributed by atoms with Crippen LogP contribution in [0, 0.1) is 5.82 Å². The third-order valence-electron chi connectivity index (χ3n) is 3.19. The highest BCUT2D eigenvalue weighted by Crippen LogP contribution is 2.24. The summed E-state index contributed by atoms with van der Waals surface area (Å²) in [6.45, 7) is 2.63. The van der Waals surface area contributed by atoms with Crippen molar-refractivity contribution in [1.29, 1.82) is 0 Å². The molecule has 2 aromatic carbocycles. The Bertz CT molecular complexity index is 640. The van der Waals surface area contributed by atoms with Gasteiger partial charge in [-0.25, -0.2) is 4.39 Å². The van der Waals surface area contributed by atoms with Crippen molar-refractivity contribution in [3.8, 4) is 0 Å². The van der Waals surface area contributed by atoms with Gasteiger partial charge in [-0.3, -0.25) is 4.79 Å². The van der Waals surface area contributed by atoms with Gasteiger partial charge in [0.05, 0.1) is 10.6 Å². The van der Waals surface area contributed by atoms with E-state index in [1.807, 2.05) is 6.92 Å².